The van der Waals surface area contributed by atoms with Gasteiger partial charge in [0.2, 0.25) is 9.84 Å². The molecule has 4 heteroatoms. The fourth-order valence-corrected chi connectivity index (χ4v) is 2.42. The lowest BCUT2D eigenvalue weighted by atomic mass is 10.4. The minimum absolute atomic E-state index is 0.375. The topological polar surface area (TPSA) is 34.1 Å². The first-order chi connectivity index (χ1) is 4.62. The van der Waals surface area contributed by atoms with Crippen molar-refractivity contribution >= 4 is 21.4 Å². The van der Waals surface area contributed by atoms with E-state index in [2.05, 4.69) is 0 Å². The molecular weight excluding hydrogens is 172 g/mol. The maximum absolute atomic E-state index is 10.8. The van der Waals surface area contributed by atoms with Crippen LogP contribution in [-0.2, 0) is 9.84 Å². The number of benzene rings is 1. The Hall–Kier alpha value is -0.540. The van der Waals surface area contributed by atoms with Crippen LogP contribution in [0.25, 0.3) is 0 Å². The summed E-state index contributed by atoms with van der Waals surface area (Å²) in [5, 5.41) is 0.472. The Morgan fingerprint density at radius 3 is 2.40 bits per heavy atom. The Morgan fingerprint density at radius 2 is 1.90 bits per heavy atom. The van der Waals surface area contributed by atoms with E-state index < -0.39 is 9.84 Å². The molecule has 1 aromatic carbocycles. The number of halogens is 1. The van der Waals surface area contributed by atoms with E-state index in [0.29, 0.717) is 14.8 Å². The van der Waals surface area contributed by atoms with Gasteiger partial charge in [-0.25, -0.2) is 8.42 Å². The van der Waals surface area contributed by atoms with Crippen LogP contribution in [0.5, 0.6) is 0 Å². The van der Waals surface area contributed by atoms with Crippen LogP contribution in [0.4, 0.5) is 0 Å². The first-order valence-electron chi connectivity index (χ1n) is 2.67. The molecule has 0 bridgehead atoms. The third-order valence-electron chi connectivity index (χ3n) is 1.44. The van der Waals surface area contributed by atoms with Gasteiger partial charge < -0.3 is 0 Å². The summed E-state index contributed by atoms with van der Waals surface area (Å²) < 4.78 is 21.6. The minimum atomic E-state index is -2.98. The van der Waals surface area contributed by atoms with Gasteiger partial charge in [-0.1, -0.05) is 11.6 Å². The Bertz CT molecular complexity index is 394. The van der Waals surface area contributed by atoms with Crippen LogP contribution < -0.4 is 0 Å². The van der Waals surface area contributed by atoms with Crippen LogP contribution in [0, 0.1) is 0 Å². The normalized spacial score (nSPS) is 18.1. The van der Waals surface area contributed by atoms with Crippen molar-refractivity contribution in [2.24, 2.45) is 0 Å². The molecule has 0 unspecified atom stereocenters. The van der Waals surface area contributed by atoms with E-state index in [0.717, 1.165) is 0 Å². The van der Waals surface area contributed by atoms with Crippen molar-refractivity contribution < 1.29 is 8.42 Å². The van der Waals surface area contributed by atoms with E-state index in [1.807, 2.05) is 0 Å². The van der Waals surface area contributed by atoms with Gasteiger partial charge in [-0.3, -0.25) is 0 Å². The van der Waals surface area contributed by atoms with E-state index in [1.54, 1.807) is 6.07 Å². The third kappa shape index (κ3) is 0.617. The monoisotopic (exact) mass is 174 g/mol. The van der Waals surface area contributed by atoms with Gasteiger partial charge in [0.05, 0.1) is 9.79 Å². The van der Waals surface area contributed by atoms with Crippen molar-refractivity contribution in [3.8, 4) is 0 Å². The van der Waals surface area contributed by atoms with Crippen LogP contribution in [0.3, 0.4) is 0 Å². The number of hydrogen-bond donors (Lipinski definition) is 0. The van der Waals surface area contributed by atoms with Crippen LogP contribution in [-0.4, -0.2) is 8.42 Å². The molecule has 0 atom stereocenters. The van der Waals surface area contributed by atoms with E-state index >= 15 is 0 Å². The minimum Gasteiger partial charge on any atom is -0.218 e. The maximum atomic E-state index is 10.8. The van der Waals surface area contributed by atoms with Crippen LogP contribution in [0.15, 0.2) is 28.0 Å². The van der Waals surface area contributed by atoms with Crippen LogP contribution in [0.2, 0.25) is 5.02 Å². The van der Waals surface area contributed by atoms with E-state index in [1.165, 1.54) is 12.1 Å². The van der Waals surface area contributed by atoms with Gasteiger partial charge in [0.25, 0.3) is 0 Å². The molecule has 0 saturated carbocycles. The smallest absolute Gasteiger partial charge is 0.209 e. The molecule has 0 saturated heterocycles. The number of hydrogen-bond acceptors (Lipinski definition) is 2. The lowest BCUT2D eigenvalue weighted by Gasteiger charge is -1.76. The van der Waals surface area contributed by atoms with Gasteiger partial charge in [0.15, 0.2) is 0 Å². The van der Waals surface area contributed by atoms with Crippen molar-refractivity contribution in [3.63, 3.8) is 0 Å². The summed E-state index contributed by atoms with van der Waals surface area (Å²) in [6.45, 7) is 0. The maximum Gasteiger partial charge on any atom is 0.209 e. The molecule has 52 valence electrons. The summed E-state index contributed by atoms with van der Waals surface area (Å²) in [7, 11) is -2.98. The van der Waals surface area contributed by atoms with Crippen molar-refractivity contribution in [3.05, 3.63) is 23.2 Å². The fourth-order valence-electron chi connectivity index (χ4n) is 0.872. The second kappa shape index (κ2) is 1.54. The highest BCUT2D eigenvalue weighted by molar-refractivity contribution is 7.97. The molecule has 1 aliphatic rings. The van der Waals surface area contributed by atoms with Crippen LogP contribution in [0.1, 0.15) is 0 Å². The highest BCUT2D eigenvalue weighted by Crippen LogP contribution is 2.41. The molecule has 2 rings (SSSR count). The number of rotatable bonds is 0. The Balaban J connectivity index is 2.77. The molecule has 0 fully saturated rings. The molecule has 1 aromatic rings. The molecule has 0 N–H and O–H groups in total. The molecule has 1 aliphatic heterocycles. The zero-order valence-electron chi connectivity index (χ0n) is 4.83. The lowest BCUT2D eigenvalue weighted by molar-refractivity contribution is 0.612. The lowest BCUT2D eigenvalue weighted by Crippen LogP contribution is -1.66. The molecule has 1 heterocycles. The summed E-state index contributed by atoms with van der Waals surface area (Å²) in [5.74, 6) is 0. The van der Waals surface area contributed by atoms with Gasteiger partial charge in [-0.2, -0.15) is 0 Å². The second-order valence-corrected chi connectivity index (χ2v) is 4.42. The standard InChI is InChI=1S/C6H3ClO2S/c7-4-1-2-5-6(3-4)10(5,8)9/h1-3H. The summed E-state index contributed by atoms with van der Waals surface area (Å²) in [6.07, 6.45) is 0. The predicted molar refractivity (Wildman–Crippen MR) is 36.9 cm³/mol. The molecule has 0 amide bonds. The van der Waals surface area contributed by atoms with E-state index in [9.17, 15) is 8.42 Å². The third-order valence-corrected chi connectivity index (χ3v) is 3.33. The van der Waals surface area contributed by atoms with Crippen molar-refractivity contribution in [1.29, 1.82) is 0 Å². The predicted octanol–water partition coefficient (Wildman–Crippen LogP) is 1.49. The van der Waals surface area contributed by atoms with Crippen molar-refractivity contribution in [2.75, 3.05) is 0 Å². The van der Waals surface area contributed by atoms with Gasteiger partial charge in [-0.05, 0) is 18.2 Å². The first kappa shape index (κ1) is 6.19. The molecule has 0 spiro atoms. The summed E-state index contributed by atoms with van der Waals surface area (Å²) >= 11 is 5.54. The number of sulfone groups is 1. The molecule has 2 nitrogen and oxygen atoms in total. The number of fused-ring (bicyclic) bond motifs is 1. The molecule has 0 radical (unpaired) electrons. The summed E-state index contributed by atoms with van der Waals surface area (Å²) in [4.78, 5) is 0.789. The Kier molecular flexibility index (Phi) is 0.956. The second-order valence-electron chi connectivity index (χ2n) is 2.09. The molecule has 0 aliphatic carbocycles. The SMILES string of the molecule is O=S1(=O)c2ccc(Cl)cc21. The average molecular weight is 175 g/mol. The fraction of sp³-hybridized carbons (Fsp3) is 0. The van der Waals surface area contributed by atoms with Crippen molar-refractivity contribution in [1.82, 2.24) is 0 Å². The quantitative estimate of drug-likeness (QED) is 0.567. The first-order valence-corrected chi connectivity index (χ1v) is 4.53. The summed E-state index contributed by atoms with van der Waals surface area (Å²) in [5.41, 5.74) is 0. The van der Waals surface area contributed by atoms with Crippen LogP contribution >= 0.6 is 11.6 Å². The van der Waals surface area contributed by atoms with Gasteiger partial charge in [0.1, 0.15) is 0 Å². The Labute approximate surface area is 63.4 Å². The molecular formula is C6H3ClO2S. The van der Waals surface area contributed by atoms with Gasteiger partial charge >= 0.3 is 0 Å². The van der Waals surface area contributed by atoms with Gasteiger partial charge in [-0.15, -0.1) is 0 Å². The highest BCUT2D eigenvalue weighted by Gasteiger charge is 2.38. The Morgan fingerprint density at radius 1 is 1.20 bits per heavy atom. The van der Waals surface area contributed by atoms with Crippen molar-refractivity contribution in [2.45, 2.75) is 9.79 Å². The van der Waals surface area contributed by atoms with E-state index in [-0.39, 0.29) is 0 Å². The molecule has 0 aromatic heterocycles. The highest BCUT2D eigenvalue weighted by atomic mass is 35.5. The summed E-state index contributed by atoms with van der Waals surface area (Å²) in [6, 6.07) is 4.56. The zero-order valence-corrected chi connectivity index (χ0v) is 6.41. The van der Waals surface area contributed by atoms with Gasteiger partial charge in [0, 0.05) is 5.02 Å². The average Bonchev–Trinajstić information content (AvgIpc) is 2.36. The largest absolute Gasteiger partial charge is 0.218 e. The molecule has 10 heavy (non-hydrogen) atoms. The van der Waals surface area contributed by atoms with E-state index in [4.69, 9.17) is 11.6 Å². The zero-order chi connectivity index (χ0) is 7.35.